The molecule has 8 heteroatoms. The molecule has 1 rings (SSSR count). The molecule has 1 N–H and O–H groups in total. The molecule has 0 aromatic carbocycles. The zero-order chi connectivity index (χ0) is 11.8. The van der Waals surface area contributed by atoms with E-state index in [1.165, 1.54) is 0 Å². The van der Waals surface area contributed by atoms with E-state index in [1.54, 1.807) is 0 Å². The van der Waals surface area contributed by atoms with Crippen molar-refractivity contribution in [2.75, 3.05) is 0 Å². The molecule has 0 bridgehead atoms. The van der Waals surface area contributed by atoms with Crippen LogP contribution in [-0.4, -0.2) is 10.1 Å². The van der Waals surface area contributed by atoms with E-state index in [0.717, 1.165) is 0 Å². The summed E-state index contributed by atoms with van der Waals surface area (Å²) < 4.78 is 73.1. The Labute approximate surface area is 79.2 Å². The highest BCUT2D eigenvalue weighted by molar-refractivity contribution is 5.35. The van der Waals surface area contributed by atoms with Crippen molar-refractivity contribution < 1.29 is 31.4 Å². The summed E-state index contributed by atoms with van der Waals surface area (Å²) >= 11 is 0. The molecular weight excluding hydrogens is 228 g/mol. The lowest BCUT2D eigenvalue weighted by molar-refractivity contribution is -0.141. The second kappa shape index (κ2) is 3.59. The largest absolute Gasteiger partial charge is 0.506 e. The van der Waals surface area contributed by atoms with Crippen LogP contribution in [0.3, 0.4) is 0 Å². The zero-order valence-corrected chi connectivity index (χ0v) is 6.82. The SMILES string of the molecule is Oc1cnc(C(F)F)c(F)c1C(F)(F)F. The summed E-state index contributed by atoms with van der Waals surface area (Å²) in [4.78, 5) is 2.68. The molecule has 0 saturated heterocycles. The Morgan fingerprint density at radius 3 is 2.20 bits per heavy atom. The third-order valence-corrected chi connectivity index (χ3v) is 1.52. The Morgan fingerprint density at radius 2 is 1.80 bits per heavy atom. The minimum absolute atomic E-state index is 0.132. The summed E-state index contributed by atoms with van der Waals surface area (Å²) in [5.41, 5.74) is -3.77. The third-order valence-electron chi connectivity index (χ3n) is 1.52. The predicted octanol–water partition coefficient (Wildman–Crippen LogP) is 2.88. The van der Waals surface area contributed by atoms with E-state index in [2.05, 4.69) is 4.98 Å². The lowest BCUT2D eigenvalue weighted by atomic mass is 10.2. The Hall–Kier alpha value is -1.47. The van der Waals surface area contributed by atoms with Crippen LogP contribution in [0.5, 0.6) is 5.75 Å². The van der Waals surface area contributed by atoms with E-state index < -0.39 is 35.4 Å². The molecule has 84 valence electrons. The van der Waals surface area contributed by atoms with E-state index in [1.807, 2.05) is 0 Å². The van der Waals surface area contributed by atoms with Crippen molar-refractivity contribution in [2.45, 2.75) is 12.6 Å². The average Bonchev–Trinajstić information content (AvgIpc) is 2.00. The van der Waals surface area contributed by atoms with Crippen molar-refractivity contribution in [1.29, 1.82) is 0 Å². The molecule has 0 amide bonds. The second-order valence-corrected chi connectivity index (χ2v) is 2.52. The molecule has 1 aromatic heterocycles. The lowest BCUT2D eigenvalue weighted by Crippen LogP contribution is -2.12. The highest BCUT2D eigenvalue weighted by atomic mass is 19.4. The number of hydrogen-bond acceptors (Lipinski definition) is 2. The summed E-state index contributed by atoms with van der Waals surface area (Å²) in [6.45, 7) is 0. The van der Waals surface area contributed by atoms with Crippen LogP contribution in [0.1, 0.15) is 17.7 Å². The maximum absolute atomic E-state index is 12.9. The van der Waals surface area contributed by atoms with E-state index in [0.29, 0.717) is 0 Å². The van der Waals surface area contributed by atoms with Crippen molar-refractivity contribution >= 4 is 0 Å². The van der Waals surface area contributed by atoms with Gasteiger partial charge in [-0.05, 0) is 0 Å². The van der Waals surface area contributed by atoms with Crippen LogP contribution in [0.4, 0.5) is 26.3 Å². The van der Waals surface area contributed by atoms with Crippen molar-refractivity contribution in [3.63, 3.8) is 0 Å². The fourth-order valence-electron chi connectivity index (χ4n) is 0.914. The number of aromatic nitrogens is 1. The van der Waals surface area contributed by atoms with Crippen molar-refractivity contribution in [3.8, 4) is 5.75 Å². The minimum atomic E-state index is -5.25. The van der Waals surface area contributed by atoms with Crippen LogP contribution in [-0.2, 0) is 6.18 Å². The molecule has 0 radical (unpaired) electrons. The first-order chi connectivity index (χ1) is 6.75. The molecule has 0 atom stereocenters. The average molecular weight is 231 g/mol. The van der Waals surface area contributed by atoms with Gasteiger partial charge in [0.05, 0.1) is 6.20 Å². The number of nitrogens with zero attached hydrogens (tertiary/aromatic N) is 1. The highest BCUT2D eigenvalue weighted by Gasteiger charge is 2.40. The van der Waals surface area contributed by atoms with Gasteiger partial charge < -0.3 is 5.11 Å². The summed E-state index contributed by atoms with van der Waals surface area (Å²) in [6, 6.07) is 0. The molecule has 15 heavy (non-hydrogen) atoms. The van der Waals surface area contributed by atoms with Gasteiger partial charge in [-0.15, -0.1) is 0 Å². The molecule has 1 aromatic rings. The predicted molar refractivity (Wildman–Crippen MR) is 35.8 cm³/mol. The number of halogens is 6. The quantitative estimate of drug-likeness (QED) is 0.754. The van der Waals surface area contributed by atoms with Crippen LogP contribution in [0.25, 0.3) is 0 Å². The van der Waals surface area contributed by atoms with Crippen LogP contribution < -0.4 is 0 Å². The summed E-state index contributed by atoms with van der Waals surface area (Å²) in [7, 11) is 0. The molecule has 0 aliphatic carbocycles. The smallest absolute Gasteiger partial charge is 0.422 e. The van der Waals surface area contributed by atoms with Gasteiger partial charge in [-0.2, -0.15) is 13.2 Å². The van der Waals surface area contributed by atoms with Crippen LogP contribution in [0, 0.1) is 5.82 Å². The Kier molecular flexibility index (Phi) is 2.78. The molecule has 0 aliphatic rings. The molecular formula is C7H3F6NO. The highest BCUT2D eigenvalue weighted by Crippen LogP contribution is 2.39. The Morgan fingerprint density at radius 1 is 1.27 bits per heavy atom. The van der Waals surface area contributed by atoms with Gasteiger partial charge in [0.2, 0.25) is 0 Å². The van der Waals surface area contributed by atoms with E-state index >= 15 is 0 Å². The molecule has 0 fully saturated rings. The van der Waals surface area contributed by atoms with E-state index in [-0.39, 0.29) is 6.20 Å². The van der Waals surface area contributed by atoms with Gasteiger partial charge in [-0.3, -0.25) is 0 Å². The van der Waals surface area contributed by atoms with Gasteiger partial charge in [0.15, 0.2) is 5.82 Å². The summed E-state index contributed by atoms with van der Waals surface area (Å²) in [5.74, 6) is -3.78. The number of hydrogen-bond donors (Lipinski definition) is 1. The Bertz CT molecular complexity index is 374. The zero-order valence-electron chi connectivity index (χ0n) is 6.82. The normalized spacial score (nSPS) is 12.2. The fraction of sp³-hybridized carbons (Fsp3) is 0.286. The van der Waals surface area contributed by atoms with Crippen LogP contribution in [0.2, 0.25) is 0 Å². The first-order valence-electron chi connectivity index (χ1n) is 3.48. The van der Waals surface area contributed by atoms with Crippen molar-refractivity contribution in [2.24, 2.45) is 0 Å². The monoisotopic (exact) mass is 231 g/mol. The first kappa shape index (κ1) is 11.6. The van der Waals surface area contributed by atoms with Gasteiger partial charge in [0.25, 0.3) is 6.43 Å². The molecule has 0 unspecified atom stereocenters. The summed E-state index contributed by atoms with van der Waals surface area (Å²) in [6.07, 6.45) is -8.60. The Balaban J connectivity index is 3.44. The first-order valence-corrected chi connectivity index (χ1v) is 3.48. The number of pyridine rings is 1. The minimum Gasteiger partial charge on any atom is -0.506 e. The standard InChI is InChI=1S/C7H3F6NO/c8-4-3(7(11,12)13)2(15)1-14-5(4)6(9)10/h1,6,15H. The van der Waals surface area contributed by atoms with Crippen molar-refractivity contribution in [3.05, 3.63) is 23.3 Å². The number of alkyl halides is 5. The third kappa shape index (κ3) is 2.13. The van der Waals surface area contributed by atoms with E-state index in [9.17, 15) is 26.3 Å². The molecule has 1 heterocycles. The number of aromatic hydroxyl groups is 1. The van der Waals surface area contributed by atoms with Crippen molar-refractivity contribution in [1.82, 2.24) is 4.98 Å². The fourth-order valence-corrected chi connectivity index (χ4v) is 0.914. The van der Waals surface area contributed by atoms with Gasteiger partial charge >= 0.3 is 6.18 Å². The lowest BCUT2D eigenvalue weighted by Gasteiger charge is -2.11. The molecule has 0 aliphatic heterocycles. The maximum atomic E-state index is 12.9. The van der Waals surface area contributed by atoms with Gasteiger partial charge in [-0.1, -0.05) is 0 Å². The number of rotatable bonds is 1. The molecule has 2 nitrogen and oxygen atoms in total. The second-order valence-electron chi connectivity index (χ2n) is 2.52. The maximum Gasteiger partial charge on any atom is 0.422 e. The van der Waals surface area contributed by atoms with Crippen LogP contribution in [0.15, 0.2) is 6.20 Å². The topological polar surface area (TPSA) is 33.1 Å². The van der Waals surface area contributed by atoms with Gasteiger partial charge in [0, 0.05) is 0 Å². The summed E-state index contributed by atoms with van der Waals surface area (Å²) in [5, 5.41) is 8.67. The molecule has 0 spiro atoms. The van der Waals surface area contributed by atoms with Gasteiger partial charge in [-0.25, -0.2) is 18.2 Å². The van der Waals surface area contributed by atoms with Gasteiger partial charge in [0.1, 0.15) is 17.0 Å². The molecule has 0 saturated carbocycles. The van der Waals surface area contributed by atoms with E-state index in [4.69, 9.17) is 5.11 Å². The van der Waals surface area contributed by atoms with Crippen LogP contribution >= 0.6 is 0 Å².